The van der Waals surface area contributed by atoms with Crippen molar-refractivity contribution in [1.29, 1.82) is 0 Å². The predicted molar refractivity (Wildman–Crippen MR) is 75.7 cm³/mol. The minimum Gasteiger partial charge on any atom is -0.409 e. The molecule has 7 heteroatoms. The van der Waals surface area contributed by atoms with Crippen molar-refractivity contribution in [2.45, 2.75) is 13.5 Å². The van der Waals surface area contributed by atoms with Gasteiger partial charge in [-0.05, 0) is 18.6 Å². The van der Waals surface area contributed by atoms with E-state index in [9.17, 15) is 0 Å². The maximum absolute atomic E-state index is 8.68. The zero-order valence-electron chi connectivity index (χ0n) is 10.7. The third-order valence-corrected chi connectivity index (χ3v) is 3.55. The summed E-state index contributed by atoms with van der Waals surface area (Å²) in [4.78, 5) is 2.01. The normalized spacial score (nSPS) is 11.6. The van der Waals surface area contributed by atoms with E-state index in [1.165, 1.54) is 0 Å². The van der Waals surface area contributed by atoms with E-state index in [0.717, 1.165) is 15.7 Å². The number of aromatic nitrogens is 2. The minimum atomic E-state index is 0.108. The molecular formula is C12H15N5OS. The van der Waals surface area contributed by atoms with Crippen LogP contribution < -0.4 is 10.6 Å². The van der Waals surface area contributed by atoms with Gasteiger partial charge in [-0.2, -0.15) is 0 Å². The van der Waals surface area contributed by atoms with Gasteiger partial charge < -0.3 is 15.8 Å². The number of rotatable bonds is 4. The van der Waals surface area contributed by atoms with Gasteiger partial charge in [-0.15, -0.1) is 10.2 Å². The van der Waals surface area contributed by atoms with E-state index in [2.05, 4.69) is 15.4 Å². The van der Waals surface area contributed by atoms with Gasteiger partial charge in [-0.25, -0.2) is 0 Å². The third kappa shape index (κ3) is 3.19. The predicted octanol–water partition coefficient (Wildman–Crippen LogP) is 1.58. The fourth-order valence-electron chi connectivity index (χ4n) is 1.67. The highest BCUT2D eigenvalue weighted by atomic mass is 32.1. The summed E-state index contributed by atoms with van der Waals surface area (Å²) in [6.07, 6.45) is 0. The van der Waals surface area contributed by atoms with Gasteiger partial charge in [0.1, 0.15) is 5.01 Å². The first kappa shape index (κ1) is 13.3. The van der Waals surface area contributed by atoms with Crippen LogP contribution >= 0.6 is 11.3 Å². The Balaban J connectivity index is 2.15. The van der Waals surface area contributed by atoms with Gasteiger partial charge in [-0.1, -0.05) is 34.7 Å². The van der Waals surface area contributed by atoms with Crippen LogP contribution in [-0.2, 0) is 6.54 Å². The number of aryl methyl sites for hydroxylation is 1. The van der Waals surface area contributed by atoms with Crippen LogP contribution in [0.1, 0.15) is 16.1 Å². The highest BCUT2D eigenvalue weighted by molar-refractivity contribution is 7.15. The first-order chi connectivity index (χ1) is 9.10. The van der Waals surface area contributed by atoms with Crippen molar-refractivity contribution in [3.8, 4) is 0 Å². The fraction of sp³-hybridized carbons (Fsp3) is 0.250. The highest BCUT2D eigenvalue weighted by Crippen LogP contribution is 2.20. The Morgan fingerprint density at radius 2 is 2.26 bits per heavy atom. The molecule has 1 aromatic carbocycles. The van der Waals surface area contributed by atoms with Crippen LogP contribution in [0.4, 0.5) is 5.13 Å². The molecule has 2 rings (SSSR count). The molecule has 0 aliphatic carbocycles. The van der Waals surface area contributed by atoms with Gasteiger partial charge in [0.15, 0.2) is 5.84 Å². The quantitative estimate of drug-likeness (QED) is 0.383. The summed E-state index contributed by atoms with van der Waals surface area (Å²) < 4.78 is 0. The topological polar surface area (TPSA) is 87.6 Å². The fourth-order valence-corrected chi connectivity index (χ4v) is 2.32. The molecule has 1 aromatic heterocycles. The summed E-state index contributed by atoms with van der Waals surface area (Å²) in [6, 6.07) is 7.55. The number of anilines is 1. The van der Waals surface area contributed by atoms with Crippen LogP contribution in [0.5, 0.6) is 0 Å². The Hall–Kier alpha value is -2.15. The lowest BCUT2D eigenvalue weighted by Crippen LogP contribution is -2.17. The number of amidine groups is 1. The SMILES string of the molecule is Cc1nnc(N(C)Cc2cccc(C(N)=NO)c2)s1. The van der Waals surface area contributed by atoms with Crippen LogP contribution in [-0.4, -0.2) is 28.3 Å². The Labute approximate surface area is 115 Å². The molecule has 0 aliphatic heterocycles. The summed E-state index contributed by atoms with van der Waals surface area (Å²) in [5.74, 6) is 0.108. The molecule has 100 valence electrons. The smallest absolute Gasteiger partial charge is 0.208 e. The van der Waals surface area contributed by atoms with E-state index < -0.39 is 0 Å². The zero-order chi connectivity index (χ0) is 13.8. The van der Waals surface area contributed by atoms with Crippen molar-refractivity contribution >= 4 is 22.3 Å². The van der Waals surface area contributed by atoms with E-state index in [0.29, 0.717) is 12.1 Å². The second kappa shape index (κ2) is 5.66. The lowest BCUT2D eigenvalue weighted by atomic mass is 10.1. The maximum atomic E-state index is 8.68. The van der Waals surface area contributed by atoms with Crippen molar-refractivity contribution in [2.75, 3.05) is 11.9 Å². The average molecular weight is 277 g/mol. The summed E-state index contributed by atoms with van der Waals surface area (Å²) >= 11 is 1.55. The van der Waals surface area contributed by atoms with E-state index in [-0.39, 0.29) is 5.84 Å². The maximum Gasteiger partial charge on any atom is 0.208 e. The molecule has 0 radical (unpaired) electrons. The molecule has 19 heavy (non-hydrogen) atoms. The Morgan fingerprint density at radius 1 is 1.47 bits per heavy atom. The number of benzene rings is 1. The Bertz CT molecular complexity index is 595. The van der Waals surface area contributed by atoms with Gasteiger partial charge in [0.2, 0.25) is 5.13 Å². The number of hydrogen-bond acceptors (Lipinski definition) is 6. The molecule has 1 heterocycles. The van der Waals surface area contributed by atoms with Crippen LogP contribution in [0.2, 0.25) is 0 Å². The summed E-state index contributed by atoms with van der Waals surface area (Å²) in [7, 11) is 1.95. The highest BCUT2D eigenvalue weighted by Gasteiger charge is 2.08. The number of nitrogens with zero attached hydrogens (tertiary/aromatic N) is 4. The summed E-state index contributed by atoms with van der Waals surface area (Å²) in [6.45, 7) is 2.61. The summed E-state index contributed by atoms with van der Waals surface area (Å²) in [5.41, 5.74) is 7.33. The van der Waals surface area contributed by atoms with Crippen molar-refractivity contribution in [3.63, 3.8) is 0 Å². The lowest BCUT2D eigenvalue weighted by Gasteiger charge is -2.15. The largest absolute Gasteiger partial charge is 0.409 e. The van der Waals surface area contributed by atoms with Crippen LogP contribution in [0, 0.1) is 6.92 Å². The second-order valence-electron chi connectivity index (χ2n) is 4.15. The lowest BCUT2D eigenvalue weighted by molar-refractivity contribution is 0.318. The molecule has 0 unspecified atom stereocenters. The van der Waals surface area contributed by atoms with Crippen LogP contribution in [0.25, 0.3) is 0 Å². The number of hydrogen-bond donors (Lipinski definition) is 2. The number of oxime groups is 1. The molecular weight excluding hydrogens is 262 g/mol. The molecule has 0 atom stereocenters. The van der Waals surface area contributed by atoms with E-state index in [1.54, 1.807) is 17.4 Å². The second-order valence-corrected chi connectivity index (χ2v) is 5.31. The Kier molecular flexibility index (Phi) is 3.96. The molecule has 0 saturated heterocycles. The van der Waals surface area contributed by atoms with Crippen LogP contribution in [0.15, 0.2) is 29.4 Å². The third-order valence-electron chi connectivity index (χ3n) is 2.59. The molecule has 3 N–H and O–H groups in total. The molecule has 0 aliphatic rings. The van der Waals surface area contributed by atoms with E-state index in [4.69, 9.17) is 10.9 Å². The first-order valence-electron chi connectivity index (χ1n) is 5.68. The van der Waals surface area contributed by atoms with E-state index in [1.807, 2.05) is 37.1 Å². The molecule has 0 bridgehead atoms. The standard InChI is InChI=1S/C12H15N5OS/c1-8-14-15-12(19-8)17(2)7-9-4-3-5-10(6-9)11(13)16-18/h3-6,18H,7H2,1-2H3,(H2,13,16). The number of nitrogens with two attached hydrogens (primary N) is 1. The van der Waals surface area contributed by atoms with Crippen molar-refractivity contribution in [2.24, 2.45) is 10.9 Å². The van der Waals surface area contributed by atoms with Crippen molar-refractivity contribution < 1.29 is 5.21 Å². The molecule has 0 amide bonds. The van der Waals surface area contributed by atoms with Gasteiger partial charge in [-0.3, -0.25) is 0 Å². The Morgan fingerprint density at radius 3 is 2.89 bits per heavy atom. The van der Waals surface area contributed by atoms with Gasteiger partial charge in [0.05, 0.1) is 0 Å². The minimum absolute atomic E-state index is 0.108. The van der Waals surface area contributed by atoms with Gasteiger partial charge in [0, 0.05) is 19.2 Å². The first-order valence-corrected chi connectivity index (χ1v) is 6.50. The molecule has 2 aromatic rings. The van der Waals surface area contributed by atoms with Crippen molar-refractivity contribution in [1.82, 2.24) is 10.2 Å². The summed E-state index contributed by atoms with van der Waals surface area (Å²) in [5, 5.41) is 21.6. The molecule has 0 saturated carbocycles. The monoisotopic (exact) mass is 277 g/mol. The van der Waals surface area contributed by atoms with Crippen molar-refractivity contribution in [3.05, 3.63) is 40.4 Å². The molecule has 6 nitrogen and oxygen atoms in total. The van der Waals surface area contributed by atoms with Gasteiger partial charge >= 0.3 is 0 Å². The zero-order valence-corrected chi connectivity index (χ0v) is 11.6. The average Bonchev–Trinajstić information content (AvgIpc) is 2.85. The molecule has 0 fully saturated rings. The molecule has 0 spiro atoms. The van der Waals surface area contributed by atoms with Crippen LogP contribution in [0.3, 0.4) is 0 Å². The van der Waals surface area contributed by atoms with E-state index >= 15 is 0 Å². The van der Waals surface area contributed by atoms with Gasteiger partial charge in [0.25, 0.3) is 0 Å².